The Morgan fingerprint density at radius 1 is 1.10 bits per heavy atom. The van der Waals surface area contributed by atoms with Crippen LogP contribution in [0, 0.1) is 13.8 Å². The van der Waals surface area contributed by atoms with Crippen molar-refractivity contribution in [1.29, 1.82) is 0 Å². The predicted octanol–water partition coefficient (Wildman–Crippen LogP) is 4.71. The summed E-state index contributed by atoms with van der Waals surface area (Å²) in [5.41, 5.74) is 2.79. The number of rotatable bonds is 7. The lowest BCUT2D eigenvalue weighted by atomic mass is 10.1. The number of aryl methyl sites for hydroxylation is 1. The van der Waals surface area contributed by atoms with Crippen LogP contribution < -0.4 is 9.47 Å². The molecule has 2 aromatic carbocycles. The van der Waals surface area contributed by atoms with Crippen LogP contribution in [0.4, 0.5) is 0 Å². The third-order valence-corrected chi connectivity index (χ3v) is 5.67. The Bertz CT molecular complexity index is 1030. The van der Waals surface area contributed by atoms with Crippen LogP contribution in [0.25, 0.3) is 10.8 Å². The highest BCUT2D eigenvalue weighted by molar-refractivity contribution is 5.98. The van der Waals surface area contributed by atoms with Crippen molar-refractivity contribution >= 4 is 16.6 Å². The number of nitrogens with zero attached hydrogens (tertiary/aromatic N) is 1. The molecule has 3 aromatic rings. The molecular weight excluding hydrogens is 366 g/mol. The Morgan fingerprint density at radius 3 is 2.59 bits per heavy atom. The molecule has 1 aliphatic heterocycles. The van der Waals surface area contributed by atoms with Crippen molar-refractivity contribution in [3.8, 4) is 11.5 Å². The zero-order chi connectivity index (χ0) is 20.4. The van der Waals surface area contributed by atoms with Crippen LogP contribution in [-0.2, 0) is 11.3 Å². The molecule has 0 amide bonds. The minimum absolute atomic E-state index is 0.0116. The Kier molecular flexibility index (Phi) is 5.58. The van der Waals surface area contributed by atoms with Gasteiger partial charge in [-0.3, -0.25) is 4.79 Å². The van der Waals surface area contributed by atoms with Gasteiger partial charge in [-0.2, -0.15) is 0 Å². The number of hydrogen-bond acceptors (Lipinski definition) is 4. The van der Waals surface area contributed by atoms with Crippen molar-refractivity contribution in [3.63, 3.8) is 0 Å². The molecule has 1 fully saturated rings. The Labute approximate surface area is 171 Å². The van der Waals surface area contributed by atoms with Crippen molar-refractivity contribution in [1.82, 2.24) is 4.57 Å². The summed E-state index contributed by atoms with van der Waals surface area (Å²) in [5.74, 6) is 1.46. The Hall–Kier alpha value is -2.79. The fourth-order valence-electron chi connectivity index (χ4n) is 4.00. The standard InChI is InChI=1S/C24H27NO4/c1-16-11-23(17(2)25(16)14-22-5-4-10-28-22)24(26)15-29-21-9-7-18-6-8-20(27-3)12-19(18)13-21/h6-9,11-13,22H,4-5,10,14-15H2,1-3H3. The number of fused-ring (bicyclic) bond motifs is 1. The zero-order valence-corrected chi connectivity index (χ0v) is 17.2. The summed E-state index contributed by atoms with van der Waals surface area (Å²) >= 11 is 0. The van der Waals surface area contributed by atoms with Crippen LogP contribution >= 0.6 is 0 Å². The topological polar surface area (TPSA) is 49.7 Å². The second-order valence-electron chi connectivity index (χ2n) is 7.62. The molecule has 0 saturated carbocycles. The number of hydrogen-bond donors (Lipinski definition) is 0. The van der Waals surface area contributed by atoms with E-state index in [1.807, 2.05) is 56.3 Å². The molecule has 0 spiro atoms. The molecule has 0 aliphatic carbocycles. The molecule has 152 valence electrons. The highest BCUT2D eigenvalue weighted by Gasteiger charge is 2.21. The lowest BCUT2D eigenvalue weighted by molar-refractivity contribution is 0.0914. The summed E-state index contributed by atoms with van der Waals surface area (Å²) in [6.07, 6.45) is 2.44. The van der Waals surface area contributed by atoms with Gasteiger partial charge in [0.2, 0.25) is 5.78 Å². The van der Waals surface area contributed by atoms with Crippen molar-refractivity contribution in [3.05, 3.63) is 59.4 Å². The van der Waals surface area contributed by atoms with Crippen molar-refractivity contribution in [2.75, 3.05) is 20.3 Å². The highest BCUT2D eigenvalue weighted by Crippen LogP contribution is 2.25. The zero-order valence-electron chi connectivity index (χ0n) is 17.2. The number of methoxy groups -OCH3 is 1. The molecule has 5 heteroatoms. The molecule has 0 bridgehead atoms. The van der Waals surface area contributed by atoms with Crippen LogP contribution in [-0.4, -0.2) is 36.8 Å². The van der Waals surface area contributed by atoms with Crippen LogP contribution in [0.3, 0.4) is 0 Å². The van der Waals surface area contributed by atoms with E-state index in [0.29, 0.717) is 5.75 Å². The second-order valence-corrected chi connectivity index (χ2v) is 7.62. The second kappa shape index (κ2) is 8.29. The molecule has 1 saturated heterocycles. The van der Waals surface area contributed by atoms with Gasteiger partial charge in [0.15, 0.2) is 6.61 Å². The average Bonchev–Trinajstić information content (AvgIpc) is 3.35. The third kappa shape index (κ3) is 4.15. The predicted molar refractivity (Wildman–Crippen MR) is 113 cm³/mol. The lowest BCUT2D eigenvalue weighted by Crippen LogP contribution is -2.18. The first-order valence-electron chi connectivity index (χ1n) is 10.1. The molecule has 29 heavy (non-hydrogen) atoms. The number of aromatic nitrogens is 1. The quantitative estimate of drug-likeness (QED) is 0.546. The van der Waals surface area contributed by atoms with E-state index in [1.54, 1.807) is 7.11 Å². The number of Topliss-reactive ketones (excluding diaryl/α,β-unsaturated/α-hetero) is 1. The summed E-state index contributed by atoms with van der Waals surface area (Å²) in [5, 5.41) is 2.12. The van der Waals surface area contributed by atoms with Gasteiger partial charge in [-0.25, -0.2) is 0 Å². The molecule has 1 atom stereocenters. The number of carbonyl (C=O) groups is 1. The van der Waals surface area contributed by atoms with E-state index in [9.17, 15) is 4.79 Å². The molecule has 1 unspecified atom stereocenters. The van der Waals surface area contributed by atoms with Gasteiger partial charge >= 0.3 is 0 Å². The fraction of sp³-hybridized carbons (Fsp3) is 0.375. The van der Waals surface area contributed by atoms with Gasteiger partial charge in [-0.05, 0) is 67.8 Å². The van der Waals surface area contributed by atoms with E-state index < -0.39 is 0 Å². The molecule has 1 aromatic heterocycles. The van der Waals surface area contributed by atoms with Crippen molar-refractivity contribution in [2.45, 2.75) is 39.3 Å². The normalized spacial score (nSPS) is 16.3. The molecule has 2 heterocycles. The molecule has 1 aliphatic rings. The minimum Gasteiger partial charge on any atom is -0.497 e. The van der Waals surface area contributed by atoms with Gasteiger partial charge in [0.05, 0.1) is 13.2 Å². The monoisotopic (exact) mass is 393 g/mol. The SMILES string of the molecule is COc1ccc2ccc(OCC(=O)c3cc(C)n(CC4CCCO4)c3C)cc2c1. The maximum absolute atomic E-state index is 12.8. The fourth-order valence-corrected chi connectivity index (χ4v) is 4.00. The largest absolute Gasteiger partial charge is 0.497 e. The van der Waals surface area contributed by atoms with E-state index in [4.69, 9.17) is 14.2 Å². The van der Waals surface area contributed by atoms with Crippen molar-refractivity contribution in [2.24, 2.45) is 0 Å². The number of carbonyl (C=O) groups excluding carboxylic acids is 1. The Balaban J connectivity index is 1.46. The lowest BCUT2D eigenvalue weighted by Gasteiger charge is -2.15. The summed E-state index contributed by atoms with van der Waals surface area (Å²) < 4.78 is 19.0. The molecule has 0 N–H and O–H groups in total. The van der Waals surface area contributed by atoms with Gasteiger partial charge in [-0.15, -0.1) is 0 Å². The number of ketones is 1. The molecular formula is C24H27NO4. The first-order valence-corrected chi connectivity index (χ1v) is 10.1. The number of benzene rings is 2. The minimum atomic E-state index is -0.0116. The summed E-state index contributed by atoms with van der Waals surface area (Å²) in [4.78, 5) is 12.8. The van der Waals surface area contributed by atoms with Gasteiger partial charge in [0.25, 0.3) is 0 Å². The smallest absolute Gasteiger partial charge is 0.202 e. The van der Waals surface area contributed by atoms with E-state index in [0.717, 1.165) is 59.5 Å². The van der Waals surface area contributed by atoms with E-state index in [-0.39, 0.29) is 18.5 Å². The molecule has 0 radical (unpaired) electrons. The van der Waals surface area contributed by atoms with E-state index in [2.05, 4.69) is 4.57 Å². The van der Waals surface area contributed by atoms with Crippen LogP contribution in [0.1, 0.15) is 34.6 Å². The summed E-state index contributed by atoms with van der Waals surface area (Å²) in [6, 6.07) is 13.7. The van der Waals surface area contributed by atoms with Crippen molar-refractivity contribution < 1.29 is 19.0 Å². The van der Waals surface area contributed by atoms with Gasteiger partial charge in [0.1, 0.15) is 11.5 Å². The van der Waals surface area contributed by atoms with Gasteiger partial charge in [-0.1, -0.05) is 12.1 Å². The van der Waals surface area contributed by atoms with Crippen LogP contribution in [0.2, 0.25) is 0 Å². The third-order valence-electron chi connectivity index (χ3n) is 5.67. The highest BCUT2D eigenvalue weighted by atomic mass is 16.5. The first kappa shape index (κ1) is 19.5. The van der Waals surface area contributed by atoms with Crippen LogP contribution in [0.5, 0.6) is 11.5 Å². The first-order chi connectivity index (χ1) is 14.0. The van der Waals surface area contributed by atoms with E-state index >= 15 is 0 Å². The maximum Gasteiger partial charge on any atom is 0.202 e. The molecule has 5 nitrogen and oxygen atoms in total. The van der Waals surface area contributed by atoms with Gasteiger partial charge in [0, 0.05) is 30.1 Å². The molecule has 4 rings (SSSR count). The summed E-state index contributed by atoms with van der Waals surface area (Å²) in [6.45, 7) is 5.69. The maximum atomic E-state index is 12.8. The Morgan fingerprint density at radius 2 is 1.86 bits per heavy atom. The van der Waals surface area contributed by atoms with E-state index in [1.165, 1.54) is 0 Å². The average molecular weight is 393 g/mol. The summed E-state index contributed by atoms with van der Waals surface area (Å²) in [7, 11) is 1.65. The van der Waals surface area contributed by atoms with Crippen LogP contribution in [0.15, 0.2) is 42.5 Å². The van der Waals surface area contributed by atoms with Gasteiger partial charge < -0.3 is 18.8 Å². The number of ether oxygens (including phenoxy) is 3.